The Morgan fingerprint density at radius 2 is 2.00 bits per heavy atom. The molecule has 0 aliphatic heterocycles. The maximum atomic E-state index is 12.1. The third-order valence-corrected chi connectivity index (χ3v) is 2.37. The predicted molar refractivity (Wildman–Crippen MR) is 61.2 cm³/mol. The summed E-state index contributed by atoms with van der Waals surface area (Å²) in [5.74, 6) is -0.311. The van der Waals surface area contributed by atoms with Gasteiger partial charge in [0.15, 0.2) is 0 Å². The van der Waals surface area contributed by atoms with Gasteiger partial charge in [-0.15, -0.1) is 13.2 Å². The average molecular weight is 269 g/mol. The predicted octanol–water partition coefficient (Wildman–Crippen LogP) is 2.42. The molecule has 0 fully saturated rings. The molecule has 1 heterocycles. The number of nitrogens with zero attached hydrogens (tertiary/aromatic N) is 2. The standard InChI is InChI=1S/C12H10F3N3O/c13-12(14,15)19-9-3-1-2-8(6-9)11(16)10-4-5-17-7-18-10/h1-7,11H,16H2. The van der Waals surface area contributed by atoms with Crippen molar-refractivity contribution in [1.82, 2.24) is 9.97 Å². The molecule has 0 radical (unpaired) electrons. The second kappa shape index (κ2) is 5.23. The Balaban J connectivity index is 2.24. The quantitative estimate of drug-likeness (QED) is 0.929. The highest BCUT2D eigenvalue weighted by Gasteiger charge is 2.31. The second-order valence-electron chi connectivity index (χ2n) is 3.73. The van der Waals surface area contributed by atoms with E-state index in [-0.39, 0.29) is 5.75 Å². The summed E-state index contributed by atoms with van der Waals surface area (Å²) >= 11 is 0. The van der Waals surface area contributed by atoms with Gasteiger partial charge < -0.3 is 10.5 Å². The lowest BCUT2D eigenvalue weighted by molar-refractivity contribution is -0.274. The van der Waals surface area contributed by atoms with E-state index in [9.17, 15) is 13.2 Å². The van der Waals surface area contributed by atoms with Crippen LogP contribution in [0.15, 0.2) is 42.9 Å². The fourth-order valence-corrected chi connectivity index (χ4v) is 1.56. The van der Waals surface area contributed by atoms with Crippen molar-refractivity contribution >= 4 is 0 Å². The number of ether oxygens (including phenoxy) is 1. The molecule has 0 amide bonds. The van der Waals surface area contributed by atoms with Crippen LogP contribution < -0.4 is 10.5 Å². The molecule has 0 aliphatic carbocycles. The highest BCUT2D eigenvalue weighted by Crippen LogP contribution is 2.26. The van der Waals surface area contributed by atoms with E-state index < -0.39 is 12.4 Å². The Morgan fingerprint density at radius 1 is 1.21 bits per heavy atom. The molecule has 1 atom stereocenters. The molecule has 1 aromatic heterocycles. The van der Waals surface area contributed by atoms with Crippen molar-refractivity contribution in [3.8, 4) is 5.75 Å². The van der Waals surface area contributed by atoms with E-state index in [0.29, 0.717) is 11.3 Å². The largest absolute Gasteiger partial charge is 0.573 e. The molecule has 0 bridgehead atoms. The van der Waals surface area contributed by atoms with Crippen LogP contribution in [0.4, 0.5) is 13.2 Å². The minimum atomic E-state index is -4.72. The molecule has 0 saturated carbocycles. The van der Waals surface area contributed by atoms with E-state index >= 15 is 0 Å². The van der Waals surface area contributed by atoms with Crippen LogP contribution in [0.1, 0.15) is 17.3 Å². The lowest BCUT2D eigenvalue weighted by atomic mass is 10.0. The SMILES string of the molecule is NC(c1cccc(OC(F)(F)F)c1)c1ccncn1. The maximum Gasteiger partial charge on any atom is 0.573 e. The molecule has 1 unspecified atom stereocenters. The van der Waals surface area contributed by atoms with Crippen LogP contribution in [0, 0.1) is 0 Å². The number of hydrogen-bond acceptors (Lipinski definition) is 4. The minimum Gasteiger partial charge on any atom is -0.406 e. The molecule has 100 valence electrons. The first-order valence-corrected chi connectivity index (χ1v) is 5.33. The van der Waals surface area contributed by atoms with Crippen LogP contribution in [0.25, 0.3) is 0 Å². The number of nitrogens with two attached hydrogens (primary N) is 1. The summed E-state index contributed by atoms with van der Waals surface area (Å²) in [6.07, 6.45) is -1.89. The first-order chi connectivity index (χ1) is 8.96. The summed E-state index contributed by atoms with van der Waals surface area (Å²) in [6.45, 7) is 0. The zero-order valence-corrected chi connectivity index (χ0v) is 9.63. The highest BCUT2D eigenvalue weighted by molar-refractivity contribution is 5.34. The van der Waals surface area contributed by atoms with Gasteiger partial charge in [-0.2, -0.15) is 0 Å². The fourth-order valence-electron chi connectivity index (χ4n) is 1.56. The van der Waals surface area contributed by atoms with Gasteiger partial charge in [0.05, 0.1) is 11.7 Å². The van der Waals surface area contributed by atoms with Crippen molar-refractivity contribution in [3.05, 3.63) is 54.1 Å². The first kappa shape index (κ1) is 13.3. The maximum absolute atomic E-state index is 12.1. The molecule has 2 aromatic rings. The van der Waals surface area contributed by atoms with Crippen molar-refractivity contribution in [1.29, 1.82) is 0 Å². The number of benzene rings is 1. The molecule has 0 aliphatic rings. The first-order valence-electron chi connectivity index (χ1n) is 5.33. The van der Waals surface area contributed by atoms with Crippen molar-refractivity contribution in [2.75, 3.05) is 0 Å². The van der Waals surface area contributed by atoms with Gasteiger partial charge in [-0.25, -0.2) is 9.97 Å². The molecule has 1 aromatic carbocycles. The Morgan fingerprint density at radius 3 is 2.63 bits per heavy atom. The Bertz CT molecular complexity index is 545. The van der Waals surface area contributed by atoms with Gasteiger partial charge in [-0.3, -0.25) is 0 Å². The molecule has 0 saturated heterocycles. The third-order valence-electron chi connectivity index (χ3n) is 2.37. The molecular weight excluding hydrogens is 259 g/mol. The summed E-state index contributed by atoms with van der Waals surface area (Å²) in [5.41, 5.74) is 6.91. The highest BCUT2D eigenvalue weighted by atomic mass is 19.4. The zero-order valence-electron chi connectivity index (χ0n) is 9.63. The molecular formula is C12H10F3N3O. The van der Waals surface area contributed by atoms with Gasteiger partial charge in [0.25, 0.3) is 0 Å². The van der Waals surface area contributed by atoms with E-state index in [2.05, 4.69) is 14.7 Å². The fraction of sp³-hybridized carbons (Fsp3) is 0.167. The Hall–Kier alpha value is -2.15. The van der Waals surface area contributed by atoms with Crippen molar-refractivity contribution in [2.24, 2.45) is 5.73 Å². The number of hydrogen-bond donors (Lipinski definition) is 1. The topological polar surface area (TPSA) is 61.0 Å². The van der Waals surface area contributed by atoms with E-state index in [1.54, 1.807) is 12.1 Å². The van der Waals surface area contributed by atoms with Crippen LogP contribution >= 0.6 is 0 Å². The Kier molecular flexibility index (Phi) is 3.66. The van der Waals surface area contributed by atoms with Crippen LogP contribution in [-0.4, -0.2) is 16.3 Å². The van der Waals surface area contributed by atoms with Gasteiger partial charge >= 0.3 is 6.36 Å². The summed E-state index contributed by atoms with van der Waals surface area (Å²) in [4.78, 5) is 7.71. The number of rotatable bonds is 3. The number of aromatic nitrogens is 2. The molecule has 4 nitrogen and oxygen atoms in total. The lowest BCUT2D eigenvalue weighted by Gasteiger charge is -2.14. The summed E-state index contributed by atoms with van der Waals surface area (Å²) in [7, 11) is 0. The number of alkyl halides is 3. The summed E-state index contributed by atoms with van der Waals surface area (Å²) in [5, 5.41) is 0. The smallest absolute Gasteiger partial charge is 0.406 e. The monoisotopic (exact) mass is 269 g/mol. The normalized spacial score (nSPS) is 13.1. The summed E-state index contributed by atoms with van der Waals surface area (Å²) < 4.78 is 40.2. The van der Waals surface area contributed by atoms with Gasteiger partial charge in [0.2, 0.25) is 0 Å². The van der Waals surface area contributed by atoms with Crippen LogP contribution in [-0.2, 0) is 0 Å². The van der Waals surface area contributed by atoms with Gasteiger partial charge in [0.1, 0.15) is 12.1 Å². The Labute approximate surface area is 107 Å². The van der Waals surface area contributed by atoms with E-state index in [4.69, 9.17) is 5.73 Å². The minimum absolute atomic E-state index is 0.311. The van der Waals surface area contributed by atoms with Gasteiger partial charge in [-0.05, 0) is 23.8 Å². The van der Waals surface area contributed by atoms with E-state index in [1.165, 1.54) is 30.7 Å². The zero-order chi connectivity index (χ0) is 13.9. The summed E-state index contributed by atoms with van der Waals surface area (Å²) in [6, 6.07) is 6.46. The molecule has 0 spiro atoms. The number of halogens is 3. The average Bonchev–Trinajstić information content (AvgIpc) is 2.37. The van der Waals surface area contributed by atoms with Crippen molar-refractivity contribution in [2.45, 2.75) is 12.4 Å². The van der Waals surface area contributed by atoms with Crippen molar-refractivity contribution in [3.63, 3.8) is 0 Å². The van der Waals surface area contributed by atoms with E-state index in [1.807, 2.05) is 0 Å². The third kappa shape index (κ3) is 3.65. The molecule has 2 rings (SSSR count). The second-order valence-corrected chi connectivity index (χ2v) is 3.73. The molecule has 19 heavy (non-hydrogen) atoms. The van der Waals surface area contributed by atoms with Crippen LogP contribution in [0.3, 0.4) is 0 Å². The molecule has 2 N–H and O–H groups in total. The van der Waals surface area contributed by atoms with Gasteiger partial charge in [-0.1, -0.05) is 12.1 Å². The van der Waals surface area contributed by atoms with Crippen molar-refractivity contribution < 1.29 is 17.9 Å². The molecule has 7 heteroatoms. The van der Waals surface area contributed by atoms with E-state index in [0.717, 1.165) is 0 Å². The van der Waals surface area contributed by atoms with Crippen LogP contribution in [0.2, 0.25) is 0 Å². The van der Waals surface area contributed by atoms with Crippen LogP contribution in [0.5, 0.6) is 5.75 Å². The lowest BCUT2D eigenvalue weighted by Crippen LogP contribution is -2.18. The van der Waals surface area contributed by atoms with Gasteiger partial charge in [0, 0.05) is 6.20 Å².